The number of piperidine rings is 2. The maximum atomic E-state index is 12.7. The molecule has 11 heteroatoms. The molecule has 0 spiro atoms. The molecule has 0 bridgehead atoms. The SMILES string of the molecule is O=S(=O)(c1ccc(O[B]Oc2ccc(S(=O)(=O)N3CCCCC3)cc2)cc1)N1CCCCC1. The molecule has 33 heavy (non-hydrogen) atoms. The van der Waals surface area contributed by atoms with Crippen molar-refractivity contribution in [3.05, 3.63) is 48.5 Å². The zero-order valence-electron chi connectivity index (χ0n) is 18.4. The lowest BCUT2D eigenvalue weighted by atomic mass is 10.2. The van der Waals surface area contributed by atoms with Gasteiger partial charge in [-0.15, -0.1) is 0 Å². The molecule has 0 N–H and O–H groups in total. The fourth-order valence-electron chi connectivity index (χ4n) is 4.02. The third kappa shape index (κ3) is 5.71. The monoisotopic (exact) mass is 491 g/mol. The highest BCUT2D eigenvalue weighted by atomic mass is 32.2. The fraction of sp³-hybridized carbons (Fsp3) is 0.455. The molecule has 1 radical (unpaired) electrons. The van der Waals surface area contributed by atoms with Gasteiger partial charge in [0.2, 0.25) is 20.0 Å². The topological polar surface area (TPSA) is 93.2 Å². The Morgan fingerprint density at radius 3 is 1.21 bits per heavy atom. The molecular weight excluding hydrogens is 463 g/mol. The Labute approximate surface area is 196 Å². The third-order valence-electron chi connectivity index (χ3n) is 5.92. The van der Waals surface area contributed by atoms with Crippen LogP contribution in [-0.2, 0) is 20.0 Å². The van der Waals surface area contributed by atoms with Gasteiger partial charge in [0.05, 0.1) is 9.79 Å². The Morgan fingerprint density at radius 2 is 0.879 bits per heavy atom. The lowest BCUT2D eigenvalue weighted by Gasteiger charge is -2.26. The van der Waals surface area contributed by atoms with Gasteiger partial charge in [0.1, 0.15) is 11.5 Å². The van der Waals surface area contributed by atoms with Gasteiger partial charge in [-0.25, -0.2) is 16.8 Å². The minimum absolute atomic E-state index is 0.239. The van der Waals surface area contributed by atoms with Crippen LogP contribution in [-0.4, -0.2) is 59.3 Å². The standard InChI is InChI=1S/C22H28BN2O6S2/c26-32(27,24-15-3-1-4-16-24)21-11-7-19(8-12-21)30-23-31-20-9-13-22(14-10-20)33(28,29)25-17-5-2-6-18-25/h7-14H,1-6,15-18H2. The molecule has 2 aromatic rings. The van der Waals surface area contributed by atoms with E-state index in [2.05, 4.69) is 0 Å². The largest absolute Gasteiger partial charge is 0.658 e. The molecule has 2 aromatic carbocycles. The van der Waals surface area contributed by atoms with Crippen molar-refractivity contribution in [2.24, 2.45) is 0 Å². The molecule has 0 aromatic heterocycles. The molecule has 0 aliphatic carbocycles. The van der Waals surface area contributed by atoms with E-state index in [1.807, 2.05) is 0 Å². The Morgan fingerprint density at radius 1 is 0.545 bits per heavy atom. The van der Waals surface area contributed by atoms with E-state index >= 15 is 0 Å². The number of sulfonamides is 2. The number of hydrogen-bond acceptors (Lipinski definition) is 6. The molecular formula is C22H28BN2O6S2. The minimum atomic E-state index is -3.48. The van der Waals surface area contributed by atoms with E-state index in [9.17, 15) is 16.8 Å². The maximum Gasteiger partial charge on any atom is 0.658 e. The molecule has 2 fully saturated rings. The minimum Gasteiger partial charge on any atom is -0.526 e. The average molecular weight is 491 g/mol. The van der Waals surface area contributed by atoms with E-state index in [-0.39, 0.29) is 9.79 Å². The molecule has 177 valence electrons. The summed E-state index contributed by atoms with van der Waals surface area (Å²) in [4.78, 5) is 0.478. The zero-order valence-corrected chi connectivity index (χ0v) is 20.1. The smallest absolute Gasteiger partial charge is 0.526 e. The van der Waals surface area contributed by atoms with Gasteiger partial charge in [0.15, 0.2) is 0 Å². The molecule has 0 unspecified atom stereocenters. The summed E-state index contributed by atoms with van der Waals surface area (Å²) in [5.74, 6) is 0.855. The second kappa shape index (κ2) is 10.5. The quantitative estimate of drug-likeness (QED) is 0.527. The normalized spacial score (nSPS) is 18.5. The number of benzene rings is 2. The summed E-state index contributed by atoms with van der Waals surface area (Å²) >= 11 is 0. The van der Waals surface area contributed by atoms with Crippen LogP contribution in [0.4, 0.5) is 0 Å². The molecule has 2 heterocycles. The summed E-state index contributed by atoms with van der Waals surface area (Å²) in [5.41, 5.74) is 0. The van der Waals surface area contributed by atoms with Crippen molar-refractivity contribution in [1.29, 1.82) is 0 Å². The summed E-state index contributed by atoms with van der Waals surface area (Å²) in [6.07, 6.45) is 5.67. The van der Waals surface area contributed by atoms with Crippen molar-refractivity contribution in [2.45, 2.75) is 48.3 Å². The highest BCUT2D eigenvalue weighted by Crippen LogP contribution is 2.24. The Hall–Kier alpha value is -2.08. The first-order chi connectivity index (χ1) is 15.9. The summed E-state index contributed by atoms with van der Waals surface area (Å²) in [6.45, 7) is 2.22. The summed E-state index contributed by atoms with van der Waals surface area (Å²) in [7, 11) is -5.84. The summed E-state index contributed by atoms with van der Waals surface area (Å²) in [6, 6.07) is 12.4. The lowest BCUT2D eigenvalue weighted by Crippen LogP contribution is -2.35. The molecule has 0 amide bonds. The van der Waals surface area contributed by atoms with Crippen LogP contribution in [0.15, 0.2) is 58.3 Å². The molecule has 0 atom stereocenters. The van der Waals surface area contributed by atoms with Crippen molar-refractivity contribution in [1.82, 2.24) is 8.61 Å². The molecule has 2 saturated heterocycles. The highest BCUT2D eigenvalue weighted by Gasteiger charge is 2.27. The van der Waals surface area contributed by atoms with Crippen LogP contribution >= 0.6 is 0 Å². The van der Waals surface area contributed by atoms with Gasteiger partial charge in [-0.3, -0.25) is 0 Å². The molecule has 2 aliphatic rings. The van der Waals surface area contributed by atoms with Crippen LogP contribution in [0.2, 0.25) is 0 Å². The van der Waals surface area contributed by atoms with Crippen LogP contribution in [0.5, 0.6) is 11.5 Å². The van der Waals surface area contributed by atoms with Gasteiger partial charge < -0.3 is 9.31 Å². The van der Waals surface area contributed by atoms with Gasteiger partial charge in [0, 0.05) is 26.2 Å². The van der Waals surface area contributed by atoms with Crippen LogP contribution in [0, 0.1) is 0 Å². The van der Waals surface area contributed by atoms with Crippen LogP contribution in [0.3, 0.4) is 0 Å². The first kappa shape index (κ1) is 24.1. The zero-order chi connectivity index (χ0) is 23.3. The lowest BCUT2D eigenvalue weighted by molar-refractivity contribution is 0.346. The van der Waals surface area contributed by atoms with Crippen molar-refractivity contribution < 1.29 is 26.1 Å². The molecule has 2 aliphatic heterocycles. The predicted molar refractivity (Wildman–Crippen MR) is 125 cm³/mol. The fourth-order valence-corrected chi connectivity index (χ4v) is 7.06. The molecule has 4 rings (SSSR count). The second-order valence-electron chi connectivity index (χ2n) is 8.20. The van der Waals surface area contributed by atoms with E-state index in [0.29, 0.717) is 37.7 Å². The Kier molecular flexibility index (Phi) is 7.63. The second-order valence-corrected chi connectivity index (χ2v) is 12.1. The van der Waals surface area contributed by atoms with Crippen molar-refractivity contribution in [3.8, 4) is 11.5 Å². The Balaban J connectivity index is 1.30. The first-order valence-corrected chi connectivity index (χ1v) is 14.1. The van der Waals surface area contributed by atoms with Gasteiger partial charge in [-0.1, -0.05) is 12.8 Å². The molecule has 8 nitrogen and oxygen atoms in total. The van der Waals surface area contributed by atoms with Crippen molar-refractivity contribution in [2.75, 3.05) is 26.2 Å². The van der Waals surface area contributed by atoms with E-state index in [1.54, 1.807) is 24.3 Å². The summed E-state index contributed by atoms with van der Waals surface area (Å²) in [5, 5.41) is 0. The van der Waals surface area contributed by atoms with Gasteiger partial charge in [-0.05, 0) is 74.2 Å². The van der Waals surface area contributed by atoms with Crippen molar-refractivity contribution >= 4 is 27.7 Å². The predicted octanol–water partition coefficient (Wildman–Crippen LogP) is 3.03. The van der Waals surface area contributed by atoms with Gasteiger partial charge in [-0.2, -0.15) is 8.61 Å². The third-order valence-corrected chi connectivity index (χ3v) is 9.75. The van der Waals surface area contributed by atoms with Gasteiger partial charge in [0.25, 0.3) is 0 Å². The van der Waals surface area contributed by atoms with E-state index < -0.39 is 20.0 Å². The van der Waals surface area contributed by atoms with Crippen LogP contribution in [0.1, 0.15) is 38.5 Å². The number of rotatable bonds is 8. The first-order valence-electron chi connectivity index (χ1n) is 11.2. The van der Waals surface area contributed by atoms with Gasteiger partial charge >= 0.3 is 7.69 Å². The average Bonchev–Trinajstić information content (AvgIpc) is 2.86. The number of nitrogens with zero attached hydrogens (tertiary/aromatic N) is 2. The van der Waals surface area contributed by atoms with E-state index in [0.717, 1.165) is 46.2 Å². The molecule has 0 saturated carbocycles. The van der Waals surface area contributed by atoms with E-state index in [1.165, 1.54) is 32.9 Å². The van der Waals surface area contributed by atoms with Crippen molar-refractivity contribution in [3.63, 3.8) is 0 Å². The van der Waals surface area contributed by atoms with Crippen LogP contribution in [0.25, 0.3) is 0 Å². The van der Waals surface area contributed by atoms with E-state index in [4.69, 9.17) is 9.31 Å². The maximum absolute atomic E-state index is 12.7. The Bertz CT molecular complexity index is 1030. The highest BCUT2D eigenvalue weighted by molar-refractivity contribution is 7.89. The summed E-state index contributed by atoms with van der Waals surface area (Å²) < 4.78 is 64.7. The number of hydrogen-bond donors (Lipinski definition) is 0. The van der Waals surface area contributed by atoms with Crippen LogP contribution < -0.4 is 9.31 Å².